The highest BCUT2D eigenvalue weighted by atomic mass is 16.5. The molecule has 0 bridgehead atoms. The number of H-pyrrole nitrogens is 1. The van der Waals surface area contributed by atoms with Crippen LogP contribution in [-0.4, -0.2) is 43.0 Å². The van der Waals surface area contributed by atoms with Crippen LogP contribution < -0.4 is 0 Å². The number of aromatic nitrogens is 3. The molecule has 4 rings (SSSR count). The van der Waals surface area contributed by atoms with E-state index in [4.69, 9.17) is 4.52 Å². The van der Waals surface area contributed by atoms with Gasteiger partial charge in [0.15, 0.2) is 0 Å². The van der Waals surface area contributed by atoms with Crippen LogP contribution in [0.2, 0.25) is 0 Å². The van der Waals surface area contributed by atoms with Crippen molar-refractivity contribution in [1.29, 1.82) is 0 Å². The fraction of sp³-hybridized carbons (Fsp3) is 0.222. The number of aryl methyl sites for hydroxylation is 1. The van der Waals surface area contributed by atoms with Gasteiger partial charge < -0.3 is 19.5 Å². The molecule has 132 valence electrons. The van der Waals surface area contributed by atoms with E-state index in [0.717, 1.165) is 11.3 Å². The van der Waals surface area contributed by atoms with Gasteiger partial charge in [-0.15, -0.1) is 0 Å². The highest BCUT2D eigenvalue weighted by Gasteiger charge is 2.38. The van der Waals surface area contributed by atoms with Crippen molar-refractivity contribution in [2.24, 2.45) is 0 Å². The maximum atomic E-state index is 13.3. The van der Waals surface area contributed by atoms with Crippen LogP contribution in [0.1, 0.15) is 27.5 Å². The molecule has 0 spiro atoms. The number of benzene rings is 1. The van der Waals surface area contributed by atoms with Gasteiger partial charge in [-0.25, -0.2) is 9.78 Å². The Kier molecular flexibility index (Phi) is 3.80. The number of nitrogens with one attached hydrogen (secondary N) is 1. The molecule has 3 heterocycles. The molecule has 8 heteroatoms. The van der Waals surface area contributed by atoms with E-state index in [0.29, 0.717) is 17.1 Å². The molecule has 1 aromatic carbocycles. The topological polar surface area (TPSA) is 112 Å². The zero-order valence-corrected chi connectivity index (χ0v) is 14.0. The molecule has 0 saturated heterocycles. The third-order valence-corrected chi connectivity index (χ3v) is 4.57. The summed E-state index contributed by atoms with van der Waals surface area (Å²) in [6, 6.07) is 8.20. The summed E-state index contributed by atoms with van der Waals surface area (Å²) in [7, 11) is 0. The first-order chi connectivity index (χ1) is 12.6. The number of carbonyl (C=O) groups is 2. The summed E-state index contributed by atoms with van der Waals surface area (Å²) in [6.07, 6.45) is 1.67. The molecule has 1 atom stereocenters. The molecule has 2 aromatic heterocycles. The van der Waals surface area contributed by atoms with Crippen molar-refractivity contribution in [3.8, 4) is 11.3 Å². The molecular formula is C18H16N4O4. The first-order valence-electron chi connectivity index (χ1n) is 8.13. The SMILES string of the molecule is Cc1onc(-c2ccccc2)c1C(=O)N1Cc2[nH]cnc2C[C@@H]1C(=O)O. The Labute approximate surface area is 148 Å². The number of carbonyl (C=O) groups excluding carboxylic acids is 1. The molecular weight excluding hydrogens is 336 g/mol. The lowest BCUT2D eigenvalue weighted by molar-refractivity contribution is -0.142. The van der Waals surface area contributed by atoms with E-state index >= 15 is 0 Å². The number of aliphatic carboxylic acids is 1. The highest BCUT2D eigenvalue weighted by Crippen LogP contribution is 2.29. The second kappa shape index (κ2) is 6.14. The maximum Gasteiger partial charge on any atom is 0.326 e. The Balaban J connectivity index is 1.76. The predicted octanol–water partition coefficient (Wildman–Crippen LogP) is 2.02. The van der Waals surface area contributed by atoms with Crippen LogP contribution >= 0.6 is 0 Å². The standard InChI is InChI=1S/C18H16N4O4/c1-10-15(16(21-26-10)11-5-3-2-4-6-11)17(23)22-8-13-12(19-9-20-13)7-14(22)18(24)25/h2-6,9,14H,7-8H2,1H3,(H,19,20)(H,24,25)/t14-/m1/s1. The molecule has 0 fully saturated rings. The summed E-state index contributed by atoms with van der Waals surface area (Å²) < 4.78 is 5.25. The monoisotopic (exact) mass is 352 g/mol. The van der Waals surface area contributed by atoms with Gasteiger partial charge in [0, 0.05) is 12.0 Å². The molecule has 0 radical (unpaired) electrons. The number of rotatable bonds is 3. The van der Waals surface area contributed by atoms with E-state index in [-0.39, 0.29) is 18.5 Å². The largest absolute Gasteiger partial charge is 0.480 e. The lowest BCUT2D eigenvalue weighted by atomic mass is 9.99. The zero-order chi connectivity index (χ0) is 18.3. The van der Waals surface area contributed by atoms with Crippen molar-refractivity contribution in [2.45, 2.75) is 25.9 Å². The minimum Gasteiger partial charge on any atom is -0.480 e. The van der Waals surface area contributed by atoms with Crippen molar-refractivity contribution in [3.05, 3.63) is 59.4 Å². The normalized spacial score (nSPS) is 16.3. The number of carboxylic acids is 1. The zero-order valence-electron chi connectivity index (χ0n) is 14.0. The number of aromatic amines is 1. The summed E-state index contributed by atoms with van der Waals surface area (Å²) in [4.78, 5) is 33.4. The van der Waals surface area contributed by atoms with Gasteiger partial charge in [0.25, 0.3) is 5.91 Å². The van der Waals surface area contributed by atoms with Crippen LogP contribution in [0, 0.1) is 6.92 Å². The summed E-state index contributed by atoms with van der Waals surface area (Å²) >= 11 is 0. The fourth-order valence-electron chi connectivity index (χ4n) is 3.23. The van der Waals surface area contributed by atoms with Crippen LogP contribution in [0.15, 0.2) is 41.2 Å². The number of hydrogen-bond acceptors (Lipinski definition) is 5. The molecule has 0 saturated carbocycles. The van der Waals surface area contributed by atoms with E-state index < -0.39 is 17.9 Å². The van der Waals surface area contributed by atoms with Crippen molar-refractivity contribution >= 4 is 11.9 Å². The minimum absolute atomic E-state index is 0.143. The lowest BCUT2D eigenvalue weighted by Gasteiger charge is -2.32. The van der Waals surface area contributed by atoms with E-state index in [1.54, 1.807) is 6.92 Å². The van der Waals surface area contributed by atoms with Gasteiger partial charge in [0.05, 0.1) is 24.3 Å². The minimum atomic E-state index is -1.07. The average molecular weight is 352 g/mol. The highest BCUT2D eigenvalue weighted by molar-refractivity contribution is 6.02. The first-order valence-corrected chi connectivity index (χ1v) is 8.13. The van der Waals surface area contributed by atoms with Crippen molar-refractivity contribution < 1.29 is 19.2 Å². The molecule has 1 amide bonds. The van der Waals surface area contributed by atoms with Gasteiger partial charge in [-0.2, -0.15) is 0 Å². The number of nitrogens with zero attached hydrogens (tertiary/aromatic N) is 3. The number of hydrogen-bond donors (Lipinski definition) is 2. The number of amides is 1. The maximum absolute atomic E-state index is 13.3. The number of imidazole rings is 1. The quantitative estimate of drug-likeness (QED) is 0.746. The van der Waals surface area contributed by atoms with Gasteiger partial charge in [-0.05, 0) is 6.92 Å². The molecule has 26 heavy (non-hydrogen) atoms. The van der Waals surface area contributed by atoms with Crippen molar-refractivity contribution in [2.75, 3.05) is 0 Å². The molecule has 3 aromatic rings. The molecule has 0 aliphatic carbocycles. The Morgan fingerprint density at radius 3 is 2.81 bits per heavy atom. The van der Waals surface area contributed by atoms with E-state index in [9.17, 15) is 14.7 Å². The Morgan fingerprint density at radius 1 is 1.31 bits per heavy atom. The van der Waals surface area contributed by atoms with Gasteiger partial charge in [0.1, 0.15) is 23.1 Å². The summed E-state index contributed by atoms with van der Waals surface area (Å²) in [5.74, 6) is -1.13. The van der Waals surface area contributed by atoms with Gasteiger partial charge in [0.2, 0.25) is 0 Å². The van der Waals surface area contributed by atoms with E-state index in [1.807, 2.05) is 30.3 Å². The van der Waals surface area contributed by atoms with Crippen molar-refractivity contribution in [3.63, 3.8) is 0 Å². The molecule has 2 N–H and O–H groups in total. The van der Waals surface area contributed by atoms with Crippen LogP contribution in [-0.2, 0) is 17.8 Å². The van der Waals surface area contributed by atoms with Crippen LogP contribution in [0.4, 0.5) is 0 Å². The average Bonchev–Trinajstić information content (AvgIpc) is 3.26. The van der Waals surface area contributed by atoms with E-state index in [2.05, 4.69) is 15.1 Å². The third-order valence-electron chi connectivity index (χ3n) is 4.57. The molecule has 1 aliphatic rings. The Hall–Kier alpha value is -3.42. The first kappa shape index (κ1) is 16.1. The Bertz CT molecular complexity index is 976. The van der Waals surface area contributed by atoms with Crippen molar-refractivity contribution in [1.82, 2.24) is 20.0 Å². The van der Waals surface area contributed by atoms with Gasteiger partial charge >= 0.3 is 5.97 Å². The second-order valence-electron chi connectivity index (χ2n) is 6.15. The van der Waals surface area contributed by atoms with E-state index in [1.165, 1.54) is 11.2 Å². The third kappa shape index (κ3) is 2.55. The van der Waals surface area contributed by atoms with Gasteiger partial charge in [-0.1, -0.05) is 35.5 Å². The fourth-order valence-corrected chi connectivity index (χ4v) is 3.23. The Morgan fingerprint density at radius 2 is 2.08 bits per heavy atom. The molecule has 8 nitrogen and oxygen atoms in total. The summed E-state index contributed by atoms with van der Waals surface area (Å²) in [5, 5.41) is 13.6. The van der Waals surface area contributed by atoms with Crippen LogP contribution in [0.25, 0.3) is 11.3 Å². The van der Waals surface area contributed by atoms with Crippen LogP contribution in [0.3, 0.4) is 0 Å². The van der Waals surface area contributed by atoms with Gasteiger partial charge in [-0.3, -0.25) is 4.79 Å². The number of carboxylic acid groups (broad SMARTS) is 1. The van der Waals surface area contributed by atoms with Crippen LogP contribution in [0.5, 0.6) is 0 Å². The lowest BCUT2D eigenvalue weighted by Crippen LogP contribution is -2.48. The molecule has 1 aliphatic heterocycles. The predicted molar refractivity (Wildman–Crippen MR) is 90.3 cm³/mol. The number of fused-ring (bicyclic) bond motifs is 1. The second-order valence-corrected chi connectivity index (χ2v) is 6.15. The summed E-state index contributed by atoms with van der Waals surface area (Å²) in [5.41, 5.74) is 2.84. The smallest absolute Gasteiger partial charge is 0.326 e. The summed E-state index contributed by atoms with van der Waals surface area (Å²) in [6.45, 7) is 1.79. The molecule has 0 unspecified atom stereocenters.